The Morgan fingerprint density at radius 3 is 2.42 bits per heavy atom. The Labute approximate surface area is 226 Å². The first-order valence-corrected chi connectivity index (χ1v) is 13.2. The fourth-order valence-electron chi connectivity index (χ4n) is 4.25. The number of carbonyl (C=O) groups is 1. The van der Waals surface area contributed by atoms with Gasteiger partial charge >= 0.3 is 0 Å². The summed E-state index contributed by atoms with van der Waals surface area (Å²) in [7, 11) is 0. The molecule has 0 fully saturated rings. The molecule has 2 aliphatic heterocycles. The molecule has 0 spiro atoms. The van der Waals surface area contributed by atoms with Gasteiger partial charge in [0.1, 0.15) is 0 Å². The second kappa shape index (κ2) is 10.1. The third kappa shape index (κ3) is 4.72. The van der Waals surface area contributed by atoms with E-state index in [9.17, 15) is 9.59 Å². The first-order chi connectivity index (χ1) is 18.5. The highest BCUT2D eigenvalue weighted by atomic mass is 35.5. The number of hydrogen-bond donors (Lipinski definition) is 1. The normalized spacial score (nSPS) is 14.1. The minimum atomic E-state index is -0.507. The molecule has 0 saturated heterocycles. The number of ether oxygens (including phenoxy) is 4. The van der Waals surface area contributed by atoms with Crippen LogP contribution in [0.3, 0.4) is 0 Å². The largest absolute Gasteiger partial charge is 0.454 e. The molecule has 0 radical (unpaired) electrons. The molecule has 3 aromatic carbocycles. The molecule has 9 nitrogen and oxygen atoms in total. The second-order valence-corrected chi connectivity index (χ2v) is 10.3. The Kier molecular flexibility index (Phi) is 6.50. The van der Waals surface area contributed by atoms with Crippen LogP contribution in [0.15, 0.2) is 64.5 Å². The van der Waals surface area contributed by atoms with Crippen LogP contribution in [0.4, 0.5) is 5.69 Å². The van der Waals surface area contributed by atoms with Gasteiger partial charge in [0.25, 0.3) is 5.56 Å². The number of thioether (sulfide) groups is 1. The van der Waals surface area contributed by atoms with E-state index in [0.29, 0.717) is 56.2 Å². The van der Waals surface area contributed by atoms with Crippen LogP contribution in [-0.4, -0.2) is 34.3 Å². The number of rotatable bonds is 7. The minimum absolute atomic E-state index is 0.0847. The molecule has 6 rings (SSSR count). The van der Waals surface area contributed by atoms with Crippen LogP contribution < -0.4 is 29.8 Å². The lowest BCUT2D eigenvalue weighted by Gasteiger charge is -2.18. The number of hydrogen-bond acceptors (Lipinski definition) is 8. The minimum Gasteiger partial charge on any atom is -0.454 e. The van der Waals surface area contributed by atoms with Crippen molar-refractivity contribution in [2.24, 2.45) is 0 Å². The summed E-state index contributed by atoms with van der Waals surface area (Å²) < 4.78 is 23.5. The molecular weight excluding hydrogens is 530 g/mol. The summed E-state index contributed by atoms with van der Waals surface area (Å²) in [6.07, 6.45) is 0.517. The monoisotopic (exact) mass is 551 g/mol. The van der Waals surface area contributed by atoms with Gasteiger partial charge in [-0.25, -0.2) is 4.98 Å². The number of nitrogens with one attached hydrogen (secondary N) is 1. The maximum atomic E-state index is 13.8. The molecule has 3 heterocycles. The fourth-order valence-corrected chi connectivity index (χ4v) is 5.39. The number of halogens is 1. The van der Waals surface area contributed by atoms with E-state index in [4.69, 9.17) is 35.5 Å². The number of aromatic nitrogens is 2. The molecule has 1 aromatic heterocycles. The second-order valence-electron chi connectivity index (χ2n) is 8.71. The van der Waals surface area contributed by atoms with E-state index in [1.54, 1.807) is 41.0 Å². The summed E-state index contributed by atoms with van der Waals surface area (Å²) in [5.41, 5.74) is 1.69. The molecule has 11 heteroatoms. The van der Waals surface area contributed by atoms with Crippen molar-refractivity contribution in [3.05, 3.63) is 75.5 Å². The SMILES string of the molecule is CC[C@@H](Sc1nc2cc3c(cc2c(=O)n1Cc1ccc2c(c1)OCO2)OCO3)C(=O)Nc1ccc(Cl)cc1. The zero-order valence-electron chi connectivity index (χ0n) is 20.2. The molecule has 1 atom stereocenters. The Morgan fingerprint density at radius 2 is 1.68 bits per heavy atom. The lowest BCUT2D eigenvalue weighted by Crippen LogP contribution is -2.28. The standard InChI is InChI=1S/C27H22ClN3O6S/c1-2-24(25(32)29-17-6-4-16(28)5-7-17)38-27-30-19-11-23-22(36-14-37-23)10-18(19)26(33)31(27)12-15-3-8-20-21(9-15)35-13-34-20/h3-11,24H,2,12-14H2,1H3,(H,29,32)/t24-/m1/s1. The highest BCUT2D eigenvalue weighted by molar-refractivity contribution is 8.00. The molecule has 0 aliphatic carbocycles. The van der Waals surface area contributed by atoms with E-state index < -0.39 is 5.25 Å². The summed E-state index contributed by atoms with van der Waals surface area (Å²) in [6, 6.07) is 15.8. The van der Waals surface area contributed by atoms with Crippen LogP contribution >= 0.6 is 23.4 Å². The molecule has 38 heavy (non-hydrogen) atoms. The first-order valence-electron chi connectivity index (χ1n) is 11.9. The molecular formula is C27H22ClN3O6S. The molecule has 0 saturated carbocycles. The van der Waals surface area contributed by atoms with E-state index in [-0.39, 0.29) is 31.6 Å². The third-order valence-corrected chi connectivity index (χ3v) is 7.82. The lowest BCUT2D eigenvalue weighted by atomic mass is 10.2. The zero-order valence-corrected chi connectivity index (χ0v) is 21.8. The summed E-state index contributed by atoms with van der Waals surface area (Å²) in [5, 5.41) is 3.81. The van der Waals surface area contributed by atoms with Gasteiger partial charge in [0.05, 0.1) is 22.7 Å². The Morgan fingerprint density at radius 1 is 1.00 bits per heavy atom. The molecule has 2 aliphatic rings. The number of amides is 1. The van der Waals surface area contributed by atoms with Gasteiger partial charge in [-0.2, -0.15) is 0 Å². The molecule has 1 amide bonds. The highest BCUT2D eigenvalue weighted by Gasteiger charge is 2.24. The average Bonchev–Trinajstić information content (AvgIpc) is 3.58. The molecule has 194 valence electrons. The predicted molar refractivity (Wildman–Crippen MR) is 144 cm³/mol. The van der Waals surface area contributed by atoms with Crippen LogP contribution in [0, 0.1) is 0 Å². The van der Waals surface area contributed by atoms with Gasteiger partial charge in [-0.15, -0.1) is 0 Å². The van der Waals surface area contributed by atoms with Crippen molar-refractivity contribution in [1.82, 2.24) is 9.55 Å². The maximum Gasteiger partial charge on any atom is 0.262 e. The van der Waals surface area contributed by atoms with Crippen molar-refractivity contribution in [2.45, 2.75) is 30.3 Å². The van der Waals surface area contributed by atoms with Crippen molar-refractivity contribution in [3.63, 3.8) is 0 Å². The topological polar surface area (TPSA) is 101 Å². The summed E-state index contributed by atoms with van der Waals surface area (Å²) in [5.74, 6) is 2.11. The van der Waals surface area contributed by atoms with E-state index in [2.05, 4.69) is 5.32 Å². The van der Waals surface area contributed by atoms with E-state index >= 15 is 0 Å². The predicted octanol–water partition coefficient (Wildman–Crippen LogP) is 5.07. The van der Waals surface area contributed by atoms with Crippen LogP contribution in [-0.2, 0) is 11.3 Å². The number of benzene rings is 3. The molecule has 1 N–H and O–H groups in total. The fraction of sp³-hybridized carbons (Fsp3) is 0.222. The lowest BCUT2D eigenvalue weighted by molar-refractivity contribution is -0.115. The average molecular weight is 552 g/mol. The van der Waals surface area contributed by atoms with E-state index in [1.807, 2.05) is 25.1 Å². The van der Waals surface area contributed by atoms with Gasteiger partial charge in [-0.3, -0.25) is 14.2 Å². The Balaban J connectivity index is 1.38. The van der Waals surface area contributed by atoms with Crippen LogP contribution in [0.1, 0.15) is 18.9 Å². The maximum absolute atomic E-state index is 13.8. The van der Waals surface area contributed by atoms with Gasteiger partial charge in [0.2, 0.25) is 19.5 Å². The quantitative estimate of drug-likeness (QED) is 0.251. The number of fused-ring (bicyclic) bond motifs is 3. The third-order valence-electron chi connectivity index (χ3n) is 6.21. The van der Waals surface area contributed by atoms with Gasteiger partial charge in [-0.05, 0) is 54.4 Å². The zero-order chi connectivity index (χ0) is 26.2. The van der Waals surface area contributed by atoms with Crippen LogP contribution in [0.2, 0.25) is 5.02 Å². The molecule has 4 aromatic rings. The summed E-state index contributed by atoms with van der Waals surface area (Å²) >= 11 is 7.21. The van der Waals surface area contributed by atoms with Gasteiger partial charge in [0, 0.05) is 16.8 Å². The Hall–Kier alpha value is -3.89. The van der Waals surface area contributed by atoms with E-state index in [1.165, 1.54) is 11.8 Å². The van der Waals surface area contributed by atoms with Gasteiger partial charge < -0.3 is 24.3 Å². The smallest absolute Gasteiger partial charge is 0.262 e. The van der Waals surface area contributed by atoms with Crippen molar-refractivity contribution >= 4 is 45.9 Å². The molecule has 0 bridgehead atoms. The van der Waals surface area contributed by atoms with Crippen molar-refractivity contribution in [2.75, 3.05) is 18.9 Å². The number of nitrogens with zero attached hydrogens (tertiary/aromatic N) is 2. The van der Waals surface area contributed by atoms with Crippen molar-refractivity contribution < 1.29 is 23.7 Å². The number of carbonyl (C=O) groups excluding carboxylic acids is 1. The van der Waals surface area contributed by atoms with Crippen LogP contribution in [0.5, 0.6) is 23.0 Å². The summed E-state index contributed by atoms with van der Waals surface area (Å²) in [4.78, 5) is 31.8. The number of anilines is 1. The van der Waals surface area contributed by atoms with Crippen molar-refractivity contribution in [3.8, 4) is 23.0 Å². The summed E-state index contributed by atoms with van der Waals surface area (Å²) in [6.45, 7) is 2.38. The first kappa shape index (κ1) is 24.4. The highest BCUT2D eigenvalue weighted by Crippen LogP contribution is 2.36. The van der Waals surface area contributed by atoms with Gasteiger partial charge in [-0.1, -0.05) is 36.4 Å². The van der Waals surface area contributed by atoms with E-state index in [0.717, 1.165) is 5.56 Å². The van der Waals surface area contributed by atoms with Crippen LogP contribution in [0.25, 0.3) is 10.9 Å². The van der Waals surface area contributed by atoms with Crippen molar-refractivity contribution in [1.29, 1.82) is 0 Å². The van der Waals surface area contributed by atoms with Gasteiger partial charge in [0.15, 0.2) is 28.2 Å². The Bertz CT molecular complexity index is 1610. The molecule has 0 unspecified atom stereocenters.